The van der Waals surface area contributed by atoms with Gasteiger partial charge in [0, 0.05) is 6.20 Å². The largest absolute Gasteiger partial charge is 0.337 e. The molecule has 178 valence electrons. The van der Waals surface area contributed by atoms with Gasteiger partial charge in [0.25, 0.3) is 0 Å². The minimum atomic E-state index is 0.172. The van der Waals surface area contributed by atoms with Gasteiger partial charge in [-0.15, -0.1) is 0 Å². The van der Waals surface area contributed by atoms with E-state index in [9.17, 15) is 0 Å². The summed E-state index contributed by atoms with van der Waals surface area (Å²) in [5, 5.41) is 0. The zero-order valence-corrected chi connectivity index (χ0v) is 22.0. The third-order valence-corrected chi connectivity index (χ3v) is 7.09. The van der Waals surface area contributed by atoms with Crippen molar-refractivity contribution in [1.82, 2.24) is 15.0 Å². The number of nitrogens with zero attached hydrogens (tertiary/aromatic N) is 2. The number of imidazole rings is 1. The number of aryl methyl sites for hydroxylation is 6. The van der Waals surface area contributed by atoms with Crippen LogP contribution < -0.4 is 16.4 Å². The normalized spacial score (nSPS) is 11.1. The highest BCUT2D eigenvalue weighted by Crippen LogP contribution is 2.21. The van der Waals surface area contributed by atoms with Crippen LogP contribution in [0.5, 0.6) is 0 Å². The number of nitrogens with one attached hydrogen (secondary N) is 1. The molecule has 0 aliphatic rings. The summed E-state index contributed by atoms with van der Waals surface area (Å²) in [6, 6.07) is 24.1. The number of hydrogen-bond acceptors (Lipinski definition) is 2. The summed E-state index contributed by atoms with van der Waals surface area (Å²) < 4.78 is 0. The molecule has 4 heteroatoms. The lowest BCUT2D eigenvalue weighted by molar-refractivity contribution is 1.22. The van der Waals surface area contributed by atoms with Crippen molar-refractivity contribution >= 4 is 23.1 Å². The number of H-pyrrole nitrogens is 1. The monoisotopic (exact) mass is 469 g/mol. The first-order chi connectivity index (χ1) is 17.3. The predicted octanol–water partition coefficient (Wildman–Crippen LogP) is 5.51. The second kappa shape index (κ2) is 9.62. The van der Waals surface area contributed by atoms with Crippen molar-refractivity contribution in [2.75, 3.05) is 0 Å². The zero-order valence-electron chi connectivity index (χ0n) is 22.0. The molecule has 0 radical (unpaired) electrons. The first-order valence-corrected chi connectivity index (χ1v) is 12.5. The molecule has 3 nitrogen and oxygen atoms in total. The molecule has 5 rings (SSSR count). The Labute approximate surface area is 214 Å². The molecule has 36 heavy (non-hydrogen) atoms. The van der Waals surface area contributed by atoms with Gasteiger partial charge in [0.1, 0.15) is 5.69 Å². The minimum absolute atomic E-state index is 0.172. The second-order valence-corrected chi connectivity index (χ2v) is 10.0. The van der Waals surface area contributed by atoms with Crippen LogP contribution in [-0.2, 0) is 0 Å². The fourth-order valence-corrected chi connectivity index (χ4v) is 5.73. The number of hydrogen-bond donors (Lipinski definition) is 1. The third kappa shape index (κ3) is 4.51. The number of benzene rings is 3. The van der Waals surface area contributed by atoms with Crippen LogP contribution in [0.3, 0.4) is 0 Å². The smallest absolute Gasteiger partial charge is 0.242 e. The van der Waals surface area contributed by atoms with E-state index in [1.54, 1.807) is 6.20 Å². The van der Waals surface area contributed by atoms with Crippen LogP contribution in [0.4, 0.5) is 0 Å². The molecule has 0 unspecified atom stereocenters. The average Bonchev–Trinajstić information content (AvgIpc) is 3.33. The molecule has 0 aliphatic carbocycles. The lowest BCUT2D eigenvalue weighted by Gasteiger charge is -2.24. The fourth-order valence-electron chi connectivity index (χ4n) is 5.73. The first kappa shape index (κ1) is 23.8. The Morgan fingerprint density at radius 3 is 1.69 bits per heavy atom. The van der Waals surface area contributed by atoms with Gasteiger partial charge >= 0.3 is 0 Å². The van der Waals surface area contributed by atoms with Gasteiger partial charge in [0.05, 0.1) is 11.9 Å². The van der Waals surface area contributed by atoms with Crippen LogP contribution in [0.25, 0.3) is 22.8 Å². The predicted molar refractivity (Wildman–Crippen MR) is 153 cm³/mol. The van der Waals surface area contributed by atoms with Crippen molar-refractivity contribution < 1.29 is 0 Å². The van der Waals surface area contributed by atoms with Crippen molar-refractivity contribution in [3.05, 3.63) is 113 Å². The zero-order chi connectivity index (χ0) is 25.4. The number of aromatic nitrogens is 3. The molecule has 0 atom stereocenters. The van der Waals surface area contributed by atoms with Gasteiger partial charge in [-0.2, -0.15) is 0 Å². The van der Waals surface area contributed by atoms with Crippen molar-refractivity contribution in [2.24, 2.45) is 0 Å². The summed E-state index contributed by atoms with van der Waals surface area (Å²) in [5.74, 6) is 0.782. The molecule has 3 aromatic carbocycles. The van der Waals surface area contributed by atoms with Crippen molar-refractivity contribution in [3.63, 3.8) is 0 Å². The topological polar surface area (TPSA) is 41.6 Å². The second-order valence-electron chi connectivity index (χ2n) is 10.0. The maximum absolute atomic E-state index is 4.56. The number of pyridine rings is 1. The summed E-state index contributed by atoms with van der Waals surface area (Å²) in [7, 11) is 0. The molecule has 0 saturated carbocycles. The molecule has 0 saturated heterocycles. The summed E-state index contributed by atoms with van der Waals surface area (Å²) >= 11 is 0. The highest BCUT2D eigenvalue weighted by Gasteiger charge is 2.28. The van der Waals surface area contributed by atoms with E-state index in [-0.39, 0.29) is 6.71 Å². The summed E-state index contributed by atoms with van der Waals surface area (Å²) in [5.41, 5.74) is 15.0. The molecule has 0 bridgehead atoms. The average molecular weight is 469 g/mol. The first-order valence-electron chi connectivity index (χ1n) is 12.5. The summed E-state index contributed by atoms with van der Waals surface area (Å²) in [6.07, 6.45) is 3.68. The Kier molecular flexibility index (Phi) is 6.36. The highest BCUT2D eigenvalue weighted by molar-refractivity contribution is 6.96. The van der Waals surface area contributed by atoms with Crippen molar-refractivity contribution in [3.8, 4) is 22.8 Å². The SMILES string of the molecule is Cc1cc(C)c(B(c2ccc(-c3cnc(-c4ccccn4)[nH]3)cc2)c2c(C)cc(C)cc2C)c(C)c1. The van der Waals surface area contributed by atoms with E-state index < -0.39 is 0 Å². The minimum Gasteiger partial charge on any atom is -0.337 e. The number of rotatable bonds is 5. The molecule has 2 heterocycles. The van der Waals surface area contributed by atoms with E-state index in [1.807, 2.05) is 24.4 Å². The Morgan fingerprint density at radius 2 is 1.19 bits per heavy atom. The maximum atomic E-state index is 4.56. The van der Waals surface area contributed by atoms with Crippen LogP contribution in [0.1, 0.15) is 33.4 Å². The van der Waals surface area contributed by atoms with Gasteiger partial charge in [-0.05, 0) is 59.2 Å². The van der Waals surface area contributed by atoms with Crippen LogP contribution in [0.2, 0.25) is 0 Å². The van der Waals surface area contributed by atoms with Gasteiger partial charge in [0.15, 0.2) is 5.82 Å². The Morgan fingerprint density at radius 1 is 0.639 bits per heavy atom. The fraction of sp³-hybridized carbons (Fsp3) is 0.188. The lowest BCUT2D eigenvalue weighted by Crippen LogP contribution is -2.55. The molecule has 5 aromatic rings. The molecule has 2 aromatic heterocycles. The van der Waals surface area contributed by atoms with Crippen molar-refractivity contribution in [1.29, 1.82) is 0 Å². The molecular formula is C32H32BN3. The molecular weight excluding hydrogens is 437 g/mol. The van der Waals surface area contributed by atoms with Crippen LogP contribution in [0.15, 0.2) is 79.1 Å². The number of aromatic amines is 1. The Bertz CT molecular complexity index is 1430. The van der Waals surface area contributed by atoms with E-state index in [2.05, 4.69) is 105 Å². The van der Waals surface area contributed by atoms with E-state index in [0.717, 1.165) is 22.8 Å². The standard InChI is InChI=1S/C32H32BN3/c1-20-15-22(3)30(23(4)16-20)33(31-24(5)17-21(2)18-25(31)6)27-12-10-26(11-13-27)29-19-35-32(36-29)28-9-7-8-14-34-28/h7-19H,1-6H3,(H,35,36). The van der Waals surface area contributed by atoms with E-state index in [1.165, 1.54) is 49.8 Å². The quantitative estimate of drug-likeness (QED) is 0.345. The van der Waals surface area contributed by atoms with E-state index >= 15 is 0 Å². The van der Waals surface area contributed by atoms with E-state index in [0.29, 0.717) is 0 Å². The Hall–Kier alpha value is -3.92. The van der Waals surface area contributed by atoms with Crippen LogP contribution >= 0.6 is 0 Å². The molecule has 0 amide bonds. The van der Waals surface area contributed by atoms with Gasteiger partial charge in [-0.1, -0.05) is 104 Å². The van der Waals surface area contributed by atoms with Crippen molar-refractivity contribution in [2.45, 2.75) is 41.5 Å². The molecule has 0 spiro atoms. The molecule has 1 N–H and O–H groups in total. The third-order valence-electron chi connectivity index (χ3n) is 7.09. The summed E-state index contributed by atoms with van der Waals surface area (Å²) in [4.78, 5) is 12.4. The molecule has 0 aliphatic heterocycles. The van der Waals surface area contributed by atoms with Gasteiger partial charge in [0.2, 0.25) is 6.71 Å². The van der Waals surface area contributed by atoms with Gasteiger partial charge in [-0.25, -0.2) is 4.98 Å². The van der Waals surface area contributed by atoms with Crippen LogP contribution in [-0.4, -0.2) is 21.7 Å². The molecule has 0 fully saturated rings. The van der Waals surface area contributed by atoms with Crippen LogP contribution in [0, 0.1) is 41.5 Å². The van der Waals surface area contributed by atoms with Gasteiger partial charge < -0.3 is 4.98 Å². The lowest BCUT2D eigenvalue weighted by atomic mass is 9.34. The Balaban J connectivity index is 1.60. The maximum Gasteiger partial charge on any atom is 0.242 e. The highest BCUT2D eigenvalue weighted by atomic mass is 14.9. The van der Waals surface area contributed by atoms with E-state index in [4.69, 9.17) is 0 Å². The van der Waals surface area contributed by atoms with Gasteiger partial charge in [-0.3, -0.25) is 4.98 Å². The summed E-state index contributed by atoms with van der Waals surface area (Å²) in [6.45, 7) is 13.5.